The van der Waals surface area contributed by atoms with Gasteiger partial charge in [0.15, 0.2) is 0 Å². The van der Waals surface area contributed by atoms with Gasteiger partial charge in [-0.15, -0.1) is 0 Å². The molecule has 4 heteroatoms. The summed E-state index contributed by atoms with van der Waals surface area (Å²) in [7, 11) is 0. The van der Waals surface area contributed by atoms with Crippen molar-refractivity contribution in [2.45, 2.75) is 59.0 Å². The minimum absolute atomic E-state index is 0.315. The van der Waals surface area contributed by atoms with Gasteiger partial charge in [-0.1, -0.05) is 19.8 Å². The number of carbonyl (C=O) groups excluding carboxylic acids is 1. The molecule has 0 atom stereocenters. The second kappa shape index (κ2) is 9.28. The molecule has 1 amide bonds. The van der Waals surface area contributed by atoms with Crippen molar-refractivity contribution < 1.29 is 9.53 Å². The number of ether oxygens (including phenoxy) is 1. The summed E-state index contributed by atoms with van der Waals surface area (Å²) < 4.78 is 5.14. The van der Waals surface area contributed by atoms with Crippen LogP contribution in [0.3, 0.4) is 0 Å². The molecule has 0 rings (SSSR count). The van der Waals surface area contributed by atoms with Gasteiger partial charge in [0, 0.05) is 6.54 Å². The summed E-state index contributed by atoms with van der Waals surface area (Å²) in [4.78, 5) is 11.3. The molecule has 0 aliphatic rings. The van der Waals surface area contributed by atoms with Gasteiger partial charge in [0.05, 0.1) is 0 Å². The number of unbranched alkanes of at least 4 members (excludes halogenated alkanes) is 3. The Morgan fingerprint density at radius 1 is 1.06 bits per heavy atom. The van der Waals surface area contributed by atoms with Crippen molar-refractivity contribution in [1.29, 1.82) is 0 Å². The molecule has 2 N–H and O–H groups in total. The van der Waals surface area contributed by atoms with Crippen LogP contribution in [0, 0.1) is 0 Å². The molecule has 0 spiro atoms. The molecule has 0 saturated heterocycles. The number of alkyl carbamates (subject to hydrolysis) is 1. The third kappa shape index (κ3) is 13.2. The summed E-state index contributed by atoms with van der Waals surface area (Å²) >= 11 is 0. The van der Waals surface area contributed by atoms with Crippen molar-refractivity contribution >= 4 is 6.09 Å². The van der Waals surface area contributed by atoms with Crippen molar-refractivity contribution in [2.24, 2.45) is 0 Å². The monoisotopic (exact) mass is 244 g/mol. The van der Waals surface area contributed by atoms with E-state index < -0.39 is 5.60 Å². The van der Waals surface area contributed by atoms with E-state index in [4.69, 9.17) is 4.74 Å². The Bertz CT molecular complexity index is 200. The molecule has 0 aromatic carbocycles. The van der Waals surface area contributed by atoms with Crippen molar-refractivity contribution in [3.8, 4) is 0 Å². The Balaban J connectivity index is 3.25. The number of amides is 1. The Morgan fingerprint density at radius 2 is 1.65 bits per heavy atom. The minimum Gasteiger partial charge on any atom is -0.444 e. The molecule has 17 heavy (non-hydrogen) atoms. The van der Waals surface area contributed by atoms with Crippen LogP contribution in [-0.4, -0.2) is 31.3 Å². The van der Waals surface area contributed by atoms with Crippen molar-refractivity contribution in [3.05, 3.63) is 0 Å². The zero-order chi connectivity index (χ0) is 13.1. The van der Waals surface area contributed by atoms with Crippen LogP contribution in [0.25, 0.3) is 0 Å². The zero-order valence-electron chi connectivity index (χ0n) is 11.8. The van der Waals surface area contributed by atoms with Crippen LogP contribution >= 0.6 is 0 Å². The summed E-state index contributed by atoms with van der Waals surface area (Å²) in [6.45, 7) is 10.6. The lowest BCUT2D eigenvalue weighted by Crippen LogP contribution is -2.32. The highest BCUT2D eigenvalue weighted by Crippen LogP contribution is 2.06. The van der Waals surface area contributed by atoms with Crippen LogP contribution in [0.1, 0.15) is 53.4 Å². The van der Waals surface area contributed by atoms with Crippen molar-refractivity contribution in [3.63, 3.8) is 0 Å². The first-order valence-electron chi connectivity index (χ1n) is 6.63. The fraction of sp³-hybridized carbons (Fsp3) is 0.923. The average Bonchev–Trinajstić information content (AvgIpc) is 2.19. The zero-order valence-corrected chi connectivity index (χ0v) is 11.8. The Kier molecular flexibility index (Phi) is 8.86. The maximum atomic E-state index is 11.3. The van der Waals surface area contributed by atoms with Gasteiger partial charge in [0.2, 0.25) is 0 Å². The largest absolute Gasteiger partial charge is 0.444 e. The summed E-state index contributed by atoms with van der Waals surface area (Å²) in [6, 6.07) is 0. The van der Waals surface area contributed by atoms with Crippen molar-refractivity contribution in [2.75, 3.05) is 19.6 Å². The first-order chi connectivity index (χ1) is 7.95. The van der Waals surface area contributed by atoms with Crippen molar-refractivity contribution in [1.82, 2.24) is 10.6 Å². The van der Waals surface area contributed by atoms with Crippen LogP contribution in [-0.2, 0) is 4.74 Å². The number of nitrogens with one attached hydrogen (secondary N) is 2. The van der Waals surface area contributed by atoms with Gasteiger partial charge in [0.1, 0.15) is 5.60 Å². The molecule has 0 unspecified atom stereocenters. The third-order valence-electron chi connectivity index (χ3n) is 2.20. The van der Waals surface area contributed by atoms with E-state index >= 15 is 0 Å². The fourth-order valence-electron chi connectivity index (χ4n) is 1.41. The predicted molar refractivity (Wildman–Crippen MR) is 71.2 cm³/mol. The van der Waals surface area contributed by atoms with Crippen LogP contribution < -0.4 is 10.6 Å². The molecule has 0 bridgehead atoms. The molecule has 4 nitrogen and oxygen atoms in total. The van der Waals surface area contributed by atoms with E-state index in [1.54, 1.807) is 0 Å². The Labute approximate surface area is 105 Å². The molecule has 0 heterocycles. The molecule has 102 valence electrons. The molecule has 0 fully saturated rings. The molecule has 0 aromatic heterocycles. The predicted octanol–water partition coefficient (Wildman–Crippen LogP) is 2.68. The van der Waals surface area contributed by atoms with E-state index in [9.17, 15) is 4.79 Å². The minimum atomic E-state index is -0.407. The molecule has 0 aliphatic carbocycles. The molecular weight excluding hydrogens is 216 g/mol. The molecular formula is C13H28N2O2. The van der Waals surface area contributed by atoms with E-state index in [2.05, 4.69) is 17.6 Å². The highest BCUT2D eigenvalue weighted by molar-refractivity contribution is 5.67. The highest BCUT2D eigenvalue weighted by atomic mass is 16.6. The normalized spacial score (nSPS) is 11.3. The van der Waals surface area contributed by atoms with E-state index in [0.717, 1.165) is 25.9 Å². The lowest BCUT2D eigenvalue weighted by molar-refractivity contribution is 0.0527. The Morgan fingerprint density at radius 3 is 2.18 bits per heavy atom. The van der Waals surface area contributed by atoms with E-state index in [1.165, 1.54) is 12.8 Å². The number of hydrogen-bond acceptors (Lipinski definition) is 3. The van der Waals surface area contributed by atoms with E-state index in [0.29, 0.717) is 6.54 Å². The molecule has 0 saturated carbocycles. The Hall–Kier alpha value is -0.770. The maximum absolute atomic E-state index is 11.3. The van der Waals surface area contributed by atoms with Crippen LogP contribution in [0.2, 0.25) is 0 Å². The van der Waals surface area contributed by atoms with Gasteiger partial charge in [-0.3, -0.25) is 0 Å². The lowest BCUT2D eigenvalue weighted by atomic mass is 10.2. The number of hydrogen-bond donors (Lipinski definition) is 2. The second-order valence-electron chi connectivity index (χ2n) is 5.20. The molecule has 0 aromatic rings. The topological polar surface area (TPSA) is 50.4 Å². The quantitative estimate of drug-likeness (QED) is 0.645. The van der Waals surface area contributed by atoms with Crippen LogP contribution in [0.5, 0.6) is 0 Å². The molecule has 0 radical (unpaired) electrons. The first kappa shape index (κ1) is 16.2. The van der Waals surface area contributed by atoms with Gasteiger partial charge in [0.25, 0.3) is 0 Å². The second-order valence-corrected chi connectivity index (χ2v) is 5.20. The van der Waals surface area contributed by atoms with Gasteiger partial charge >= 0.3 is 6.09 Å². The SMILES string of the molecule is CCNCCCCCCNC(=O)OC(C)(C)C. The van der Waals surface area contributed by atoms with E-state index in [1.807, 2.05) is 20.8 Å². The van der Waals surface area contributed by atoms with Gasteiger partial charge in [-0.05, 0) is 46.7 Å². The number of rotatable bonds is 8. The summed E-state index contributed by atoms with van der Waals surface area (Å²) in [5.41, 5.74) is -0.407. The third-order valence-corrected chi connectivity index (χ3v) is 2.20. The average molecular weight is 244 g/mol. The summed E-state index contributed by atoms with van der Waals surface area (Å²) in [5.74, 6) is 0. The lowest BCUT2D eigenvalue weighted by Gasteiger charge is -2.19. The summed E-state index contributed by atoms with van der Waals surface area (Å²) in [6.07, 6.45) is 4.28. The number of carbonyl (C=O) groups is 1. The molecule has 0 aliphatic heterocycles. The van der Waals surface area contributed by atoms with Gasteiger partial charge in [-0.25, -0.2) is 4.79 Å². The smallest absolute Gasteiger partial charge is 0.407 e. The van der Waals surface area contributed by atoms with Gasteiger partial charge in [-0.2, -0.15) is 0 Å². The maximum Gasteiger partial charge on any atom is 0.407 e. The first-order valence-corrected chi connectivity index (χ1v) is 6.63. The summed E-state index contributed by atoms with van der Waals surface area (Å²) in [5, 5.41) is 6.06. The standard InChI is InChI=1S/C13H28N2O2/c1-5-14-10-8-6-7-9-11-15-12(16)17-13(2,3)4/h14H,5-11H2,1-4H3,(H,15,16). The van der Waals surface area contributed by atoms with Crippen LogP contribution in [0.15, 0.2) is 0 Å². The van der Waals surface area contributed by atoms with Gasteiger partial charge < -0.3 is 15.4 Å². The highest BCUT2D eigenvalue weighted by Gasteiger charge is 2.15. The fourth-order valence-corrected chi connectivity index (χ4v) is 1.41. The van der Waals surface area contributed by atoms with Crippen LogP contribution in [0.4, 0.5) is 4.79 Å². The van der Waals surface area contributed by atoms with E-state index in [-0.39, 0.29) is 6.09 Å².